The fraction of sp³-hybridized carbons (Fsp3) is 0.857. The van der Waals surface area contributed by atoms with Gasteiger partial charge in [-0.1, -0.05) is 32.6 Å². The summed E-state index contributed by atoms with van der Waals surface area (Å²) in [6.45, 7) is 2.49. The van der Waals surface area contributed by atoms with Gasteiger partial charge in [-0.05, 0) is 25.2 Å². The quantitative estimate of drug-likeness (QED) is 0.649. The molecule has 0 aromatic rings. The van der Waals surface area contributed by atoms with Gasteiger partial charge in [0.2, 0.25) is 0 Å². The van der Waals surface area contributed by atoms with Gasteiger partial charge in [-0.15, -0.1) is 0 Å². The number of hydrogen-bond donors (Lipinski definition) is 3. The Morgan fingerprint density at radius 3 is 2.42 bits per heavy atom. The lowest BCUT2D eigenvalue weighted by molar-refractivity contribution is -0.137. The van der Waals surface area contributed by atoms with E-state index in [0.29, 0.717) is 19.0 Å². The molecule has 1 aliphatic rings. The predicted molar refractivity (Wildman–Crippen MR) is 74.1 cm³/mol. The van der Waals surface area contributed by atoms with Crippen LogP contribution in [0.15, 0.2) is 0 Å². The van der Waals surface area contributed by atoms with Crippen LogP contribution >= 0.6 is 0 Å². The fourth-order valence-electron chi connectivity index (χ4n) is 2.40. The van der Waals surface area contributed by atoms with Gasteiger partial charge >= 0.3 is 12.0 Å². The van der Waals surface area contributed by atoms with Crippen molar-refractivity contribution in [3.05, 3.63) is 0 Å². The van der Waals surface area contributed by atoms with E-state index >= 15 is 0 Å². The summed E-state index contributed by atoms with van der Waals surface area (Å²) in [5.74, 6) is -0.592. The van der Waals surface area contributed by atoms with Crippen LogP contribution in [0.25, 0.3) is 0 Å². The first kappa shape index (κ1) is 15.8. The lowest BCUT2D eigenvalue weighted by atomic mass is 10.1. The highest BCUT2D eigenvalue weighted by atomic mass is 16.4. The van der Waals surface area contributed by atoms with Crippen LogP contribution in [-0.4, -0.2) is 29.7 Å². The topological polar surface area (TPSA) is 78.4 Å². The van der Waals surface area contributed by atoms with Crippen molar-refractivity contribution in [1.29, 1.82) is 0 Å². The number of hydrogen-bond acceptors (Lipinski definition) is 2. The summed E-state index contributed by atoms with van der Waals surface area (Å²) in [5.41, 5.74) is 0. The van der Waals surface area contributed by atoms with E-state index in [1.807, 2.05) is 6.92 Å². The van der Waals surface area contributed by atoms with Gasteiger partial charge in [-0.25, -0.2) is 4.79 Å². The van der Waals surface area contributed by atoms with E-state index < -0.39 is 5.97 Å². The van der Waals surface area contributed by atoms with E-state index in [-0.39, 0.29) is 18.4 Å². The highest BCUT2D eigenvalue weighted by Crippen LogP contribution is 2.17. The van der Waals surface area contributed by atoms with Gasteiger partial charge in [-0.2, -0.15) is 0 Å². The first-order valence-corrected chi connectivity index (χ1v) is 7.34. The summed E-state index contributed by atoms with van der Waals surface area (Å²) in [4.78, 5) is 22.2. The van der Waals surface area contributed by atoms with E-state index in [4.69, 9.17) is 5.11 Å². The third-order valence-electron chi connectivity index (χ3n) is 3.65. The zero-order valence-electron chi connectivity index (χ0n) is 11.8. The van der Waals surface area contributed by atoms with Crippen molar-refractivity contribution in [3.63, 3.8) is 0 Å². The number of carboxylic acids is 1. The maximum atomic E-state index is 11.7. The Morgan fingerprint density at radius 1 is 1.21 bits per heavy atom. The molecule has 0 spiro atoms. The third-order valence-corrected chi connectivity index (χ3v) is 3.65. The number of aliphatic carboxylic acids is 1. The molecule has 110 valence electrons. The second-order valence-electron chi connectivity index (χ2n) is 5.58. The van der Waals surface area contributed by atoms with Crippen LogP contribution in [0.1, 0.15) is 58.3 Å². The van der Waals surface area contributed by atoms with Crippen molar-refractivity contribution < 1.29 is 14.7 Å². The number of nitrogens with one attached hydrogen (secondary N) is 2. The second kappa shape index (κ2) is 8.77. The molecule has 0 heterocycles. The van der Waals surface area contributed by atoms with E-state index in [1.165, 1.54) is 25.7 Å². The Hall–Kier alpha value is -1.26. The Balaban J connectivity index is 2.14. The Labute approximate surface area is 115 Å². The monoisotopic (exact) mass is 270 g/mol. The average molecular weight is 270 g/mol. The van der Waals surface area contributed by atoms with E-state index in [9.17, 15) is 9.59 Å². The smallest absolute Gasteiger partial charge is 0.315 e. The molecule has 2 amide bonds. The van der Waals surface area contributed by atoms with Gasteiger partial charge in [0.1, 0.15) is 0 Å². The minimum atomic E-state index is -0.783. The minimum absolute atomic E-state index is 0.117. The zero-order chi connectivity index (χ0) is 14.1. The molecule has 1 saturated carbocycles. The zero-order valence-corrected chi connectivity index (χ0v) is 11.8. The van der Waals surface area contributed by atoms with Gasteiger partial charge in [0, 0.05) is 19.0 Å². The van der Waals surface area contributed by atoms with Crippen LogP contribution in [0.4, 0.5) is 4.79 Å². The molecule has 1 rings (SSSR count). The van der Waals surface area contributed by atoms with Gasteiger partial charge in [0.15, 0.2) is 0 Å². The van der Waals surface area contributed by atoms with Crippen molar-refractivity contribution in [3.8, 4) is 0 Å². The Kier molecular flexibility index (Phi) is 7.30. The van der Waals surface area contributed by atoms with Crippen LogP contribution in [0.5, 0.6) is 0 Å². The molecule has 1 unspecified atom stereocenters. The van der Waals surface area contributed by atoms with Crippen LogP contribution in [0.2, 0.25) is 0 Å². The van der Waals surface area contributed by atoms with Crippen molar-refractivity contribution >= 4 is 12.0 Å². The highest BCUT2D eigenvalue weighted by molar-refractivity contribution is 5.74. The van der Waals surface area contributed by atoms with Crippen molar-refractivity contribution in [2.75, 3.05) is 6.54 Å². The van der Waals surface area contributed by atoms with Crippen LogP contribution in [0, 0.1) is 5.92 Å². The molecule has 1 fully saturated rings. The molecular weight excluding hydrogens is 244 g/mol. The van der Waals surface area contributed by atoms with Crippen LogP contribution < -0.4 is 10.6 Å². The first-order chi connectivity index (χ1) is 9.08. The predicted octanol–water partition coefficient (Wildman–Crippen LogP) is 2.51. The summed E-state index contributed by atoms with van der Waals surface area (Å²) in [6.07, 6.45) is 7.83. The summed E-state index contributed by atoms with van der Waals surface area (Å²) in [5, 5.41) is 14.4. The molecule has 1 atom stereocenters. The molecule has 3 N–H and O–H groups in total. The number of carbonyl (C=O) groups excluding carboxylic acids is 1. The molecule has 0 radical (unpaired) electrons. The first-order valence-electron chi connectivity index (χ1n) is 7.34. The largest absolute Gasteiger partial charge is 0.481 e. The molecule has 0 bridgehead atoms. The SMILES string of the molecule is CC(CCC(=O)O)CNC(=O)NC1CCCCCC1. The lowest BCUT2D eigenvalue weighted by Gasteiger charge is -2.18. The molecule has 5 nitrogen and oxygen atoms in total. The Morgan fingerprint density at radius 2 is 1.84 bits per heavy atom. The van der Waals surface area contributed by atoms with Gasteiger partial charge in [0.05, 0.1) is 0 Å². The summed E-state index contributed by atoms with van der Waals surface area (Å²) < 4.78 is 0. The molecular formula is C14H26N2O3. The maximum absolute atomic E-state index is 11.7. The summed E-state index contributed by atoms with van der Waals surface area (Å²) in [7, 11) is 0. The highest BCUT2D eigenvalue weighted by Gasteiger charge is 2.15. The molecule has 0 aromatic heterocycles. The van der Waals surface area contributed by atoms with Gasteiger partial charge in [0.25, 0.3) is 0 Å². The molecule has 0 saturated heterocycles. The van der Waals surface area contributed by atoms with Crippen molar-refractivity contribution in [2.24, 2.45) is 5.92 Å². The molecule has 0 aromatic carbocycles. The van der Waals surface area contributed by atoms with E-state index in [1.54, 1.807) is 0 Å². The third kappa shape index (κ3) is 7.70. The number of carbonyl (C=O) groups is 2. The van der Waals surface area contributed by atoms with Gasteiger partial charge in [-0.3, -0.25) is 4.79 Å². The Bertz CT molecular complexity index is 286. The number of carboxylic acid groups (broad SMARTS) is 1. The van der Waals surface area contributed by atoms with Gasteiger partial charge < -0.3 is 15.7 Å². The number of urea groups is 1. The standard InChI is InChI=1S/C14H26N2O3/c1-11(8-9-13(17)18)10-15-14(19)16-12-6-4-2-3-5-7-12/h11-12H,2-10H2,1H3,(H,17,18)(H2,15,16,19). The molecule has 19 heavy (non-hydrogen) atoms. The number of rotatable bonds is 6. The average Bonchev–Trinajstić information content (AvgIpc) is 2.62. The summed E-state index contributed by atoms with van der Waals surface area (Å²) in [6, 6.07) is 0.186. The normalized spacial score (nSPS) is 18.4. The van der Waals surface area contributed by atoms with Crippen molar-refractivity contribution in [1.82, 2.24) is 10.6 Å². The van der Waals surface area contributed by atoms with Crippen LogP contribution in [-0.2, 0) is 4.79 Å². The molecule has 5 heteroatoms. The minimum Gasteiger partial charge on any atom is -0.481 e. The van der Waals surface area contributed by atoms with E-state index in [0.717, 1.165) is 12.8 Å². The lowest BCUT2D eigenvalue weighted by Crippen LogP contribution is -2.43. The van der Waals surface area contributed by atoms with E-state index in [2.05, 4.69) is 10.6 Å². The molecule has 1 aliphatic carbocycles. The van der Waals surface area contributed by atoms with Crippen LogP contribution in [0.3, 0.4) is 0 Å². The summed E-state index contributed by atoms with van der Waals surface area (Å²) >= 11 is 0. The maximum Gasteiger partial charge on any atom is 0.315 e. The number of amides is 2. The van der Waals surface area contributed by atoms with Crippen molar-refractivity contribution in [2.45, 2.75) is 64.3 Å². The fourth-order valence-corrected chi connectivity index (χ4v) is 2.40. The second-order valence-corrected chi connectivity index (χ2v) is 5.58. The molecule has 0 aliphatic heterocycles.